The molecule has 126 valence electrons. The summed E-state index contributed by atoms with van der Waals surface area (Å²) in [5.74, 6) is 0.0104. The van der Waals surface area contributed by atoms with Crippen molar-refractivity contribution in [1.29, 1.82) is 0 Å². The largest absolute Gasteiger partial charge is 0.456 e. The van der Waals surface area contributed by atoms with Gasteiger partial charge in [0.2, 0.25) is 0 Å². The summed E-state index contributed by atoms with van der Waals surface area (Å²) in [6.07, 6.45) is 3.50. The first kappa shape index (κ1) is 16.0. The van der Waals surface area contributed by atoms with E-state index in [1.807, 2.05) is 31.2 Å². The van der Waals surface area contributed by atoms with Crippen molar-refractivity contribution in [2.45, 2.75) is 20.0 Å². The summed E-state index contributed by atoms with van der Waals surface area (Å²) in [7, 11) is 0. The molecule has 0 saturated heterocycles. The molecule has 0 aliphatic heterocycles. The van der Waals surface area contributed by atoms with Crippen LogP contribution in [0, 0.1) is 0 Å². The fourth-order valence-corrected chi connectivity index (χ4v) is 4.10. The second-order valence-corrected chi connectivity index (χ2v) is 6.87. The predicted octanol–water partition coefficient (Wildman–Crippen LogP) is 3.91. The van der Waals surface area contributed by atoms with Crippen LogP contribution in [-0.4, -0.2) is 25.6 Å². The smallest absolute Gasteiger partial charge is 0.341 e. The van der Waals surface area contributed by atoms with Crippen molar-refractivity contribution >= 4 is 44.8 Å². The quantitative estimate of drug-likeness (QED) is 0.508. The van der Waals surface area contributed by atoms with E-state index in [2.05, 4.69) is 15.1 Å². The maximum Gasteiger partial charge on any atom is 0.341 e. The number of fused-ring (bicyclic) bond motifs is 2. The van der Waals surface area contributed by atoms with E-state index >= 15 is 0 Å². The normalized spacial score (nSPS) is 11.3. The second-order valence-electron chi connectivity index (χ2n) is 5.36. The van der Waals surface area contributed by atoms with Crippen molar-refractivity contribution in [2.75, 3.05) is 0 Å². The number of aromatic nitrogens is 4. The number of thiophene rings is 1. The summed E-state index contributed by atoms with van der Waals surface area (Å²) in [5, 5.41) is 5.72. The van der Waals surface area contributed by atoms with Crippen LogP contribution < -0.4 is 0 Å². The molecule has 25 heavy (non-hydrogen) atoms. The summed E-state index contributed by atoms with van der Waals surface area (Å²) < 4.78 is 8.10. The van der Waals surface area contributed by atoms with E-state index in [1.165, 1.54) is 23.9 Å². The fourth-order valence-electron chi connectivity index (χ4n) is 2.70. The van der Waals surface area contributed by atoms with Crippen molar-refractivity contribution in [3.05, 3.63) is 57.9 Å². The van der Waals surface area contributed by atoms with Crippen LogP contribution in [0.1, 0.15) is 27.9 Å². The highest BCUT2D eigenvalue weighted by Gasteiger charge is 2.18. The number of halogens is 1. The standard InChI is InChI=1S/C17H13ClN4O2S/c1-2-12-11(7-19-17-20-9-21-22(12)17)16(23)24-8-14-15(18)10-5-3-4-6-13(10)25-14/h3-7,9H,2,8H2,1H3. The van der Waals surface area contributed by atoms with Crippen LogP contribution in [0.15, 0.2) is 36.8 Å². The summed E-state index contributed by atoms with van der Waals surface area (Å²) >= 11 is 7.92. The number of esters is 1. The second kappa shape index (κ2) is 6.42. The first-order valence-corrected chi connectivity index (χ1v) is 8.89. The lowest BCUT2D eigenvalue weighted by Gasteiger charge is -2.08. The third-order valence-electron chi connectivity index (χ3n) is 3.90. The molecule has 0 unspecified atom stereocenters. The molecule has 0 fully saturated rings. The molecule has 3 aromatic heterocycles. The molecule has 4 rings (SSSR count). The Balaban J connectivity index is 1.60. The number of aryl methyl sites for hydroxylation is 1. The molecule has 0 amide bonds. The van der Waals surface area contributed by atoms with E-state index in [0.717, 1.165) is 20.7 Å². The number of nitrogens with zero attached hydrogens (tertiary/aromatic N) is 4. The molecule has 0 radical (unpaired) electrons. The zero-order chi connectivity index (χ0) is 17.4. The number of carbonyl (C=O) groups is 1. The molecule has 3 heterocycles. The van der Waals surface area contributed by atoms with Gasteiger partial charge in [0.25, 0.3) is 5.78 Å². The fraction of sp³-hybridized carbons (Fsp3) is 0.176. The number of carbonyl (C=O) groups excluding carboxylic acids is 1. The third-order valence-corrected chi connectivity index (χ3v) is 5.58. The zero-order valence-electron chi connectivity index (χ0n) is 13.3. The van der Waals surface area contributed by atoms with Crippen LogP contribution in [0.3, 0.4) is 0 Å². The van der Waals surface area contributed by atoms with Crippen molar-refractivity contribution in [1.82, 2.24) is 19.6 Å². The van der Waals surface area contributed by atoms with Crippen LogP contribution in [-0.2, 0) is 17.8 Å². The first-order chi connectivity index (χ1) is 12.2. The average molecular weight is 373 g/mol. The van der Waals surface area contributed by atoms with Crippen molar-refractivity contribution in [2.24, 2.45) is 0 Å². The molecule has 0 atom stereocenters. The molecular weight excluding hydrogens is 360 g/mol. The minimum Gasteiger partial charge on any atom is -0.456 e. The van der Waals surface area contributed by atoms with Crippen molar-refractivity contribution in [3.63, 3.8) is 0 Å². The topological polar surface area (TPSA) is 69.4 Å². The van der Waals surface area contributed by atoms with Crippen LogP contribution in [0.4, 0.5) is 0 Å². The Labute approximate surface area is 152 Å². The molecule has 1 aromatic carbocycles. The van der Waals surface area contributed by atoms with Gasteiger partial charge < -0.3 is 4.74 Å². The van der Waals surface area contributed by atoms with Gasteiger partial charge in [-0.3, -0.25) is 0 Å². The van der Waals surface area contributed by atoms with E-state index in [1.54, 1.807) is 4.52 Å². The molecule has 0 aliphatic rings. The molecule has 6 nitrogen and oxygen atoms in total. The lowest BCUT2D eigenvalue weighted by Crippen LogP contribution is -2.13. The van der Waals surface area contributed by atoms with Crippen LogP contribution in [0.5, 0.6) is 0 Å². The monoisotopic (exact) mass is 372 g/mol. The minimum absolute atomic E-state index is 0.121. The Bertz CT molecular complexity index is 1090. The van der Waals surface area contributed by atoms with Crippen LogP contribution >= 0.6 is 22.9 Å². The van der Waals surface area contributed by atoms with Gasteiger partial charge in [0.15, 0.2) is 0 Å². The van der Waals surface area contributed by atoms with E-state index in [9.17, 15) is 4.79 Å². The Kier molecular flexibility index (Phi) is 4.10. The maximum atomic E-state index is 12.5. The molecule has 4 aromatic rings. The van der Waals surface area contributed by atoms with Gasteiger partial charge in [-0.15, -0.1) is 11.3 Å². The SMILES string of the molecule is CCc1c(C(=O)OCc2sc3ccccc3c2Cl)cnc2ncnn12. The lowest BCUT2D eigenvalue weighted by atomic mass is 10.2. The molecular formula is C17H13ClN4O2S. The van der Waals surface area contributed by atoms with E-state index in [0.29, 0.717) is 22.8 Å². The van der Waals surface area contributed by atoms with E-state index in [4.69, 9.17) is 16.3 Å². The van der Waals surface area contributed by atoms with Gasteiger partial charge in [0.1, 0.15) is 12.9 Å². The Morgan fingerprint density at radius 2 is 2.16 bits per heavy atom. The lowest BCUT2D eigenvalue weighted by molar-refractivity contribution is 0.0474. The van der Waals surface area contributed by atoms with Gasteiger partial charge in [-0.2, -0.15) is 10.1 Å². The number of rotatable bonds is 4. The average Bonchev–Trinajstić information content (AvgIpc) is 3.23. The highest BCUT2D eigenvalue weighted by Crippen LogP contribution is 2.35. The Morgan fingerprint density at radius 1 is 1.32 bits per heavy atom. The summed E-state index contributed by atoms with van der Waals surface area (Å²) in [6.45, 7) is 2.06. The van der Waals surface area contributed by atoms with E-state index in [-0.39, 0.29) is 6.61 Å². The molecule has 0 bridgehead atoms. The van der Waals surface area contributed by atoms with Gasteiger partial charge in [-0.05, 0) is 12.5 Å². The van der Waals surface area contributed by atoms with Crippen molar-refractivity contribution < 1.29 is 9.53 Å². The van der Waals surface area contributed by atoms with Crippen LogP contribution in [0.2, 0.25) is 5.02 Å². The summed E-state index contributed by atoms with van der Waals surface area (Å²) in [5.41, 5.74) is 1.10. The highest BCUT2D eigenvalue weighted by atomic mass is 35.5. The Hall–Kier alpha value is -2.51. The Morgan fingerprint density at radius 3 is 2.96 bits per heavy atom. The molecule has 8 heteroatoms. The highest BCUT2D eigenvalue weighted by molar-refractivity contribution is 7.19. The van der Waals surface area contributed by atoms with Gasteiger partial charge in [0, 0.05) is 16.3 Å². The predicted molar refractivity (Wildman–Crippen MR) is 96.1 cm³/mol. The number of hydrogen-bond acceptors (Lipinski definition) is 6. The molecule has 0 saturated carbocycles. The van der Waals surface area contributed by atoms with Gasteiger partial charge in [-0.1, -0.05) is 36.7 Å². The summed E-state index contributed by atoms with van der Waals surface area (Å²) in [4.78, 5) is 21.5. The number of hydrogen-bond donors (Lipinski definition) is 0. The van der Waals surface area contributed by atoms with Gasteiger partial charge >= 0.3 is 5.97 Å². The first-order valence-electron chi connectivity index (χ1n) is 7.69. The molecule has 0 aliphatic carbocycles. The van der Waals surface area contributed by atoms with Crippen LogP contribution in [0.25, 0.3) is 15.9 Å². The van der Waals surface area contributed by atoms with Gasteiger partial charge in [-0.25, -0.2) is 14.3 Å². The molecule has 0 spiro atoms. The van der Waals surface area contributed by atoms with E-state index < -0.39 is 5.97 Å². The number of benzene rings is 1. The van der Waals surface area contributed by atoms with Gasteiger partial charge in [0.05, 0.1) is 21.2 Å². The zero-order valence-corrected chi connectivity index (χ0v) is 14.8. The number of ether oxygens (including phenoxy) is 1. The third kappa shape index (κ3) is 2.75. The molecule has 0 N–H and O–H groups in total. The summed E-state index contributed by atoms with van der Waals surface area (Å²) in [6, 6.07) is 7.84. The maximum absolute atomic E-state index is 12.5. The minimum atomic E-state index is -0.449. The van der Waals surface area contributed by atoms with Crippen molar-refractivity contribution in [3.8, 4) is 0 Å².